The number of amides is 1. The predicted octanol–water partition coefficient (Wildman–Crippen LogP) is 4.01. The van der Waals surface area contributed by atoms with Crippen molar-refractivity contribution in [1.29, 1.82) is 0 Å². The van der Waals surface area contributed by atoms with Gasteiger partial charge in [0.15, 0.2) is 11.5 Å². The van der Waals surface area contributed by atoms with Gasteiger partial charge in [0.25, 0.3) is 5.91 Å². The van der Waals surface area contributed by atoms with Gasteiger partial charge in [0.1, 0.15) is 12.4 Å². The van der Waals surface area contributed by atoms with Gasteiger partial charge in [-0.3, -0.25) is 4.79 Å². The van der Waals surface area contributed by atoms with Gasteiger partial charge in [-0.15, -0.1) is 0 Å². The van der Waals surface area contributed by atoms with E-state index in [4.69, 9.17) is 9.47 Å². The Hall–Kier alpha value is -3.80. The molecule has 5 rings (SSSR count). The van der Waals surface area contributed by atoms with E-state index >= 15 is 0 Å². The molecule has 3 aromatic carbocycles. The highest BCUT2D eigenvalue weighted by molar-refractivity contribution is 5.98. The van der Waals surface area contributed by atoms with Gasteiger partial charge >= 0.3 is 0 Å². The van der Waals surface area contributed by atoms with Gasteiger partial charge in [-0.25, -0.2) is 4.98 Å². The van der Waals surface area contributed by atoms with E-state index in [1.807, 2.05) is 66.7 Å². The van der Waals surface area contributed by atoms with Crippen molar-refractivity contribution in [3.63, 3.8) is 0 Å². The number of hydrogen-bond acceptors (Lipinski definition) is 4. The standard InChI is InChI=1S/C22H17N3O3/c26-22(20-13-27-18-11-5-6-12-19(18)28-20)25-15-8-2-1-7-14(15)21-23-16-9-3-4-10-17(16)24-21/h1-12,20H,13H2,(H,23,24)(H,25,26)/t20-/m1/s1. The van der Waals surface area contributed by atoms with Crippen LogP contribution in [0.4, 0.5) is 5.69 Å². The van der Waals surface area contributed by atoms with E-state index in [2.05, 4.69) is 15.3 Å². The summed E-state index contributed by atoms with van der Waals surface area (Å²) in [6, 6.07) is 22.7. The highest BCUT2D eigenvalue weighted by Crippen LogP contribution is 2.32. The number of H-pyrrole nitrogens is 1. The van der Waals surface area contributed by atoms with Crippen LogP contribution < -0.4 is 14.8 Å². The van der Waals surface area contributed by atoms with Crippen molar-refractivity contribution in [1.82, 2.24) is 9.97 Å². The Morgan fingerprint density at radius 1 is 0.964 bits per heavy atom. The van der Waals surface area contributed by atoms with Crippen LogP contribution in [0.25, 0.3) is 22.4 Å². The van der Waals surface area contributed by atoms with Gasteiger partial charge in [0.2, 0.25) is 6.10 Å². The fourth-order valence-corrected chi connectivity index (χ4v) is 3.24. The van der Waals surface area contributed by atoms with Crippen LogP contribution in [-0.4, -0.2) is 28.6 Å². The molecule has 0 saturated carbocycles. The first-order chi connectivity index (χ1) is 13.8. The summed E-state index contributed by atoms with van der Waals surface area (Å²) < 4.78 is 11.4. The van der Waals surface area contributed by atoms with Gasteiger partial charge in [0.05, 0.1) is 16.7 Å². The molecule has 1 aromatic heterocycles. The Kier molecular flexibility index (Phi) is 3.94. The summed E-state index contributed by atoms with van der Waals surface area (Å²) in [6.45, 7) is 0.162. The number of carbonyl (C=O) groups is 1. The second kappa shape index (κ2) is 6.74. The second-order valence-corrected chi connectivity index (χ2v) is 6.50. The van der Waals surface area contributed by atoms with Crippen molar-refractivity contribution in [2.24, 2.45) is 0 Å². The number of para-hydroxylation sites is 5. The molecule has 0 fully saturated rings. The van der Waals surface area contributed by atoms with E-state index in [0.717, 1.165) is 16.6 Å². The molecule has 6 nitrogen and oxygen atoms in total. The number of hydrogen-bond donors (Lipinski definition) is 2. The molecule has 6 heteroatoms. The lowest BCUT2D eigenvalue weighted by molar-refractivity contribution is -0.125. The van der Waals surface area contributed by atoms with E-state index < -0.39 is 6.10 Å². The summed E-state index contributed by atoms with van der Waals surface area (Å²) in [6.07, 6.45) is -0.723. The lowest BCUT2D eigenvalue weighted by Gasteiger charge is -2.25. The summed E-state index contributed by atoms with van der Waals surface area (Å²) in [5.74, 6) is 1.65. The van der Waals surface area contributed by atoms with Crippen LogP contribution >= 0.6 is 0 Å². The third kappa shape index (κ3) is 2.95. The SMILES string of the molecule is O=C(Nc1ccccc1-c1nc2ccccc2[nH]1)[C@H]1COc2ccccc2O1. The molecule has 0 unspecified atom stereocenters. The molecule has 4 aromatic rings. The van der Waals surface area contributed by atoms with E-state index in [1.54, 1.807) is 6.07 Å². The van der Waals surface area contributed by atoms with Crippen LogP contribution in [0.1, 0.15) is 0 Å². The molecule has 28 heavy (non-hydrogen) atoms. The molecule has 0 aliphatic carbocycles. The van der Waals surface area contributed by atoms with Gasteiger partial charge in [-0.1, -0.05) is 36.4 Å². The zero-order valence-corrected chi connectivity index (χ0v) is 14.9. The van der Waals surface area contributed by atoms with E-state index in [0.29, 0.717) is 23.0 Å². The van der Waals surface area contributed by atoms with Crippen molar-refractivity contribution < 1.29 is 14.3 Å². The maximum atomic E-state index is 12.8. The van der Waals surface area contributed by atoms with Crippen molar-refractivity contribution in [3.05, 3.63) is 72.8 Å². The molecule has 2 N–H and O–H groups in total. The van der Waals surface area contributed by atoms with Gasteiger partial charge < -0.3 is 19.8 Å². The maximum absolute atomic E-state index is 12.8. The number of carbonyl (C=O) groups excluding carboxylic acids is 1. The van der Waals surface area contributed by atoms with Crippen LogP contribution in [0.15, 0.2) is 72.8 Å². The van der Waals surface area contributed by atoms with Crippen molar-refractivity contribution in [2.75, 3.05) is 11.9 Å². The first-order valence-corrected chi connectivity index (χ1v) is 9.01. The number of ether oxygens (including phenoxy) is 2. The minimum atomic E-state index is -0.723. The van der Waals surface area contributed by atoms with Crippen LogP contribution in [0.5, 0.6) is 11.5 Å². The summed E-state index contributed by atoms with van der Waals surface area (Å²) in [5.41, 5.74) is 3.29. The van der Waals surface area contributed by atoms with Crippen molar-refractivity contribution in [3.8, 4) is 22.9 Å². The summed E-state index contributed by atoms with van der Waals surface area (Å²) >= 11 is 0. The third-order valence-electron chi connectivity index (χ3n) is 4.63. The molecule has 1 aliphatic rings. The molecule has 1 aliphatic heterocycles. The van der Waals surface area contributed by atoms with Crippen LogP contribution in [0.2, 0.25) is 0 Å². The topological polar surface area (TPSA) is 76.2 Å². The zero-order chi connectivity index (χ0) is 18.9. The van der Waals surface area contributed by atoms with Crippen molar-refractivity contribution in [2.45, 2.75) is 6.10 Å². The molecule has 0 saturated heterocycles. The largest absolute Gasteiger partial charge is 0.485 e. The third-order valence-corrected chi connectivity index (χ3v) is 4.63. The van der Waals surface area contributed by atoms with E-state index in [1.165, 1.54) is 0 Å². The van der Waals surface area contributed by atoms with Gasteiger partial charge in [-0.05, 0) is 36.4 Å². The molecule has 0 radical (unpaired) electrons. The highest BCUT2D eigenvalue weighted by atomic mass is 16.6. The molecule has 0 spiro atoms. The monoisotopic (exact) mass is 371 g/mol. The Labute approximate surface area is 161 Å². The molecule has 2 heterocycles. The number of aromatic nitrogens is 2. The zero-order valence-electron chi connectivity index (χ0n) is 14.9. The first-order valence-electron chi connectivity index (χ1n) is 9.01. The number of aromatic amines is 1. The van der Waals surface area contributed by atoms with Crippen LogP contribution in [0.3, 0.4) is 0 Å². The lowest BCUT2D eigenvalue weighted by atomic mass is 10.1. The first kappa shape index (κ1) is 16.4. The second-order valence-electron chi connectivity index (χ2n) is 6.50. The minimum absolute atomic E-state index is 0.162. The lowest BCUT2D eigenvalue weighted by Crippen LogP contribution is -2.40. The molecule has 138 valence electrons. The number of nitrogens with one attached hydrogen (secondary N) is 2. The van der Waals surface area contributed by atoms with Gasteiger partial charge in [0, 0.05) is 5.56 Å². The number of nitrogens with zero attached hydrogens (tertiary/aromatic N) is 1. The highest BCUT2D eigenvalue weighted by Gasteiger charge is 2.28. The smallest absolute Gasteiger partial charge is 0.269 e. The van der Waals surface area contributed by atoms with Gasteiger partial charge in [-0.2, -0.15) is 0 Å². The number of anilines is 1. The quantitative estimate of drug-likeness (QED) is 0.571. The number of rotatable bonds is 3. The fourth-order valence-electron chi connectivity index (χ4n) is 3.24. The Morgan fingerprint density at radius 3 is 2.61 bits per heavy atom. The average molecular weight is 371 g/mol. The molecule has 1 atom stereocenters. The summed E-state index contributed by atoms with van der Waals surface area (Å²) in [4.78, 5) is 20.7. The summed E-state index contributed by atoms with van der Waals surface area (Å²) in [7, 11) is 0. The Morgan fingerprint density at radius 2 is 1.71 bits per heavy atom. The Bertz CT molecular complexity index is 1140. The molecule has 1 amide bonds. The fraction of sp³-hybridized carbons (Fsp3) is 0.0909. The molecular formula is C22H17N3O3. The normalized spacial score (nSPS) is 15.4. The van der Waals surface area contributed by atoms with E-state index in [9.17, 15) is 4.79 Å². The number of imidazole rings is 1. The average Bonchev–Trinajstić information content (AvgIpc) is 3.18. The number of benzene rings is 3. The Balaban J connectivity index is 1.41. The summed E-state index contributed by atoms with van der Waals surface area (Å²) in [5, 5.41) is 2.95. The molecule has 0 bridgehead atoms. The predicted molar refractivity (Wildman–Crippen MR) is 107 cm³/mol. The maximum Gasteiger partial charge on any atom is 0.269 e. The van der Waals surface area contributed by atoms with Crippen LogP contribution in [0, 0.1) is 0 Å². The van der Waals surface area contributed by atoms with E-state index in [-0.39, 0.29) is 12.5 Å². The van der Waals surface area contributed by atoms with Crippen LogP contribution in [-0.2, 0) is 4.79 Å². The minimum Gasteiger partial charge on any atom is -0.485 e. The van der Waals surface area contributed by atoms with Crippen molar-refractivity contribution >= 4 is 22.6 Å². The number of fused-ring (bicyclic) bond motifs is 2. The molecular weight excluding hydrogens is 354 g/mol.